The number of aryl methyl sites for hydroxylation is 2. The molecule has 1 aromatic heterocycles. The molecule has 2 bridgehead atoms. The summed E-state index contributed by atoms with van der Waals surface area (Å²) >= 11 is 0. The van der Waals surface area contributed by atoms with Gasteiger partial charge >= 0.3 is 6.18 Å². The molecule has 1 aromatic rings. The van der Waals surface area contributed by atoms with E-state index in [9.17, 15) is 18.0 Å². The van der Waals surface area contributed by atoms with Crippen LogP contribution in [0.1, 0.15) is 43.4 Å². The molecule has 1 saturated heterocycles. The first-order chi connectivity index (χ1) is 11.8. The van der Waals surface area contributed by atoms with E-state index in [1.807, 2.05) is 6.92 Å². The van der Waals surface area contributed by atoms with E-state index in [0.717, 1.165) is 18.7 Å². The summed E-state index contributed by atoms with van der Waals surface area (Å²) in [7, 11) is 0. The molecule has 2 heterocycles. The van der Waals surface area contributed by atoms with Gasteiger partial charge in [-0.1, -0.05) is 0 Å². The second-order valence-corrected chi connectivity index (χ2v) is 7.82. The SMILES string of the molecule is Cc1nc(C)n(C2CN(C(=O)[C@H]3C4CCC(CC4)[C@@H]3C(F)(F)F)C2)n1. The molecule has 25 heavy (non-hydrogen) atoms. The molecule has 3 saturated carbocycles. The van der Waals surface area contributed by atoms with Crippen LogP contribution in [-0.4, -0.2) is 44.8 Å². The molecule has 5 rings (SSSR count). The largest absolute Gasteiger partial charge is 0.392 e. The van der Waals surface area contributed by atoms with E-state index in [0.29, 0.717) is 31.8 Å². The molecular weight excluding hydrogens is 333 g/mol. The Hall–Kier alpha value is -1.60. The summed E-state index contributed by atoms with van der Waals surface area (Å²) in [5, 5.41) is 4.32. The van der Waals surface area contributed by atoms with E-state index >= 15 is 0 Å². The van der Waals surface area contributed by atoms with Crippen molar-refractivity contribution in [1.29, 1.82) is 0 Å². The summed E-state index contributed by atoms with van der Waals surface area (Å²) in [6.45, 7) is 4.52. The average molecular weight is 356 g/mol. The first kappa shape index (κ1) is 16.8. The number of carbonyl (C=O) groups is 1. The highest BCUT2D eigenvalue weighted by Crippen LogP contribution is 2.55. The molecule has 8 heteroatoms. The zero-order chi connectivity index (χ0) is 17.9. The Bertz CT molecular complexity index is 672. The molecule has 0 spiro atoms. The van der Waals surface area contributed by atoms with Crippen LogP contribution in [0, 0.1) is 37.5 Å². The minimum absolute atomic E-state index is 0.0234. The Morgan fingerprint density at radius 1 is 1.08 bits per heavy atom. The highest BCUT2D eigenvalue weighted by molar-refractivity contribution is 5.80. The maximum Gasteiger partial charge on any atom is 0.392 e. The van der Waals surface area contributed by atoms with E-state index in [1.165, 1.54) is 0 Å². The predicted octanol–water partition coefficient (Wildman–Crippen LogP) is 2.89. The number of hydrogen-bond donors (Lipinski definition) is 0. The van der Waals surface area contributed by atoms with E-state index in [-0.39, 0.29) is 23.8 Å². The lowest BCUT2D eigenvalue weighted by atomic mass is 9.58. The molecule has 3 aliphatic carbocycles. The Morgan fingerprint density at radius 3 is 2.20 bits per heavy atom. The normalized spacial score (nSPS) is 32.8. The number of alkyl halides is 3. The van der Waals surface area contributed by atoms with Crippen LogP contribution in [0.15, 0.2) is 0 Å². The third-order valence-electron chi connectivity index (χ3n) is 6.31. The summed E-state index contributed by atoms with van der Waals surface area (Å²) in [6, 6.07) is 0.0234. The molecule has 4 fully saturated rings. The van der Waals surface area contributed by atoms with Gasteiger partial charge in [-0.15, -0.1) is 0 Å². The fourth-order valence-electron chi connectivity index (χ4n) is 5.16. The van der Waals surface area contributed by atoms with Crippen molar-refractivity contribution >= 4 is 5.91 Å². The molecule has 0 aromatic carbocycles. The zero-order valence-electron chi connectivity index (χ0n) is 14.5. The maximum atomic E-state index is 13.6. The van der Waals surface area contributed by atoms with E-state index in [1.54, 1.807) is 16.5 Å². The molecule has 2 atom stereocenters. The van der Waals surface area contributed by atoms with Gasteiger partial charge in [-0.3, -0.25) is 4.79 Å². The first-order valence-electron chi connectivity index (χ1n) is 9.01. The summed E-state index contributed by atoms with van der Waals surface area (Å²) < 4.78 is 42.6. The summed E-state index contributed by atoms with van der Waals surface area (Å²) in [5.74, 6) is -1.69. The second kappa shape index (κ2) is 5.71. The third-order valence-corrected chi connectivity index (χ3v) is 6.31. The van der Waals surface area contributed by atoms with Crippen LogP contribution < -0.4 is 0 Å². The van der Waals surface area contributed by atoms with Crippen molar-refractivity contribution in [3.05, 3.63) is 11.6 Å². The summed E-state index contributed by atoms with van der Waals surface area (Å²) in [6.07, 6.45) is -1.55. The van der Waals surface area contributed by atoms with E-state index in [2.05, 4.69) is 10.1 Å². The number of nitrogens with zero attached hydrogens (tertiary/aromatic N) is 4. The second-order valence-electron chi connectivity index (χ2n) is 7.82. The van der Waals surface area contributed by atoms with Crippen molar-refractivity contribution in [3.63, 3.8) is 0 Å². The number of rotatable bonds is 2. The Labute approximate surface area is 144 Å². The number of halogens is 3. The molecule has 138 valence electrons. The van der Waals surface area contributed by atoms with Crippen molar-refractivity contribution < 1.29 is 18.0 Å². The molecule has 0 unspecified atom stereocenters. The number of hydrogen-bond acceptors (Lipinski definition) is 3. The zero-order valence-corrected chi connectivity index (χ0v) is 14.5. The number of carbonyl (C=O) groups excluding carboxylic acids is 1. The molecule has 5 nitrogen and oxygen atoms in total. The fraction of sp³-hybridized carbons (Fsp3) is 0.824. The number of likely N-dealkylation sites (tertiary alicyclic amines) is 1. The highest BCUT2D eigenvalue weighted by Gasteiger charge is 2.59. The summed E-state index contributed by atoms with van der Waals surface area (Å²) in [4.78, 5) is 18.7. The standard InChI is InChI=1S/C17H23F3N4O/c1-9-21-10(2)24(22-9)13-7-23(8-13)16(25)14-11-3-5-12(6-4-11)15(14)17(18,19)20/h11-15H,3-8H2,1-2H3/t11?,12?,14-,15-/m0/s1. The van der Waals surface area contributed by atoms with Gasteiger partial charge in [0, 0.05) is 13.1 Å². The molecule has 0 N–H and O–H groups in total. The molecule has 1 amide bonds. The van der Waals surface area contributed by atoms with Crippen LogP contribution in [0.5, 0.6) is 0 Å². The third kappa shape index (κ3) is 2.73. The number of fused-ring (bicyclic) bond motifs is 3. The van der Waals surface area contributed by atoms with Crippen molar-refractivity contribution in [2.75, 3.05) is 13.1 Å². The van der Waals surface area contributed by atoms with E-state index < -0.39 is 18.0 Å². The fourth-order valence-corrected chi connectivity index (χ4v) is 5.16. The smallest absolute Gasteiger partial charge is 0.338 e. The Kier molecular flexibility index (Phi) is 3.85. The van der Waals surface area contributed by atoms with Gasteiger partial charge < -0.3 is 4.90 Å². The van der Waals surface area contributed by atoms with Gasteiger partial charge in [0.25, 0.3) is 0 Å². The molecule has 0 radical (unpaired) electrons. The topological polar surface area (TPSA) is 51.0 Å². The maximum absolute atomic E-state index is 13.6. The summed E-state index contributed by atoms with van der Waals surface area (Å²) in [5.41, 5.74) is 0. The van der Waals surface area contributed by atoms with Crippen molar-refractivity contribution in [3.8, 4) is 0 Å². The van der Waals surface area contributed by atoms with Crippen LogP contribution in [0.2, 0.25) is 0 Å². The lowest BCUT2D eigenvalue weighted by molar-refractivity contribution is -0.232. The predicted molar refractivity (Wildman–Crippen MR) is 83.6 cm³/mol. The molecule has 1 aliphatic heterocycles. The quantitative estimate of drug-likeness (QED) is 0.819. The minimum Gasteiger partial charge on any atom is -0.338 e. The minimum atomic E-state index is -4.28. The van der Waals surface area contributed by atoms with Gasteiger partial charge in [0.05, 0.1) is 17.9 Å². The highest BCUT2D eigenvalue weighted by atomic mass is 19.4. The Balaban J connectivity index is 1.48. The van der Waals surface area contributed by atoms with Crippen LogP contribution >= 0.6 is 0 Å². The number of amides is 1. The van der Waals surface area contributed by atoms with Gasteiger partial charge in [0.15, 0.2) is 0 Å². The van der Waals surface area contributed by atoms with Gasteiger partial charge in [0.1, 0.15) is 11.6 Å². The Morgan fingerprint density at radius 2 is 1.68 bits per heavy atom. The van der Waals surface area contributed by atoms with Crippen molar-refractivity contribution in [2.24, 2.45) is 23.7 Å². The van der Waals surface area contributed by atoms with Gasteiger partial charge in [-0.2, -0.15) is 18.3 Å². The first-order valence-corrected chi connectivity index (χ1v) is 9.01. The van der Waals surface area contributed by atoms with Gasteiger partial charge in [-0.25, -0.2) is 9.67 Å². The molecule has 4 aliphatic rings. The van der Waals surface area contributed by atoms with Crippen molar-refractivity contribution in [2.45, 2.75) is 51.7 Å². The monoisotopic (exact) mass is 356 g/mol. The number of aromatic nitrogens is 3. The lowest BCUT2D eigenvalue weighted by Crippen LogP contribution is -2.59. The van der Waals surface area contributed by atoms with Crippen LogP contribution in [0.4, 0.5) is 13.2 Å². The average Bonchev–Trinajstić information content (AvgIpc) is 2.83. The molecular formula is C17H23F3N4O. The van der Waals surface area contributed by atoms with Crippen LogP contribution in [0.25, 0.3) is 0 Å². The van der Waals surface area contributed by atoms with Crippen LogP contribution in [-0.2, 0) is 4.79 Å². The van der Waals surface area contributed by atoms with E-state index in [4.69, 9.17) is 0 Å². The lowest BCUT2D eigenvalue weighted by Gasteiger charge is -2.51. The van der Waals surface area contributed by atoms with Crippen LogP contribution in [0.3, 0.4) is 0 Å². The van der Waals surface area contributed by atoms with Gasteiger partial charge in [-0.05, 0) is 51.4 Å². The van der Waals surface area contributed by atoms with Gasteiger partial charge in [0.2, 0.25) is 5.91 Å². The van der Waals surface area contributed by atoms with Crippen molar-refractivity contribution in [1.82, 2.24) is 19.7 Å².